The number of methoxy groups -OCH3 is 1. The van der Waals surface area contributed by atoms with Crippen molar-refractivity contribution in [2.24, 2.45) is 5.92 Å². The van der Waals surface area contributed by atoms with Gasteiger partial charge in [-0.25, -0.2) is 9.97 Å². The lowest BCUT2D eigenvalue weighted by Gasteiger charge is -2.21. The zero-order valence-corrected chi connectivity index (χ0v) is 9.95. The van der Waals surface area contributed by atoms with Crippen molar-refractivity contribution in [1.29, 1.82) is 0 Å². The molecule has 1 atom stereocenters. The minimum atomic E-state index is 0.205. The van der Waals surface area contributed by atoms with Crippen molar-refractivity contribution in [2.45, 2.75) is 19.9 Å². The number of ether oxygens (including phenoxy) is 1. The third-order valence-electron chi connectivity index (χ3n) is 2.09. The van der Waals surface area contributed by atoms with Gasteiger partial charge in [0, 0.05) is 7.11 Å². The van der Waals surface area contributed by atoms with Crippen LogP contribution in [0.5, 0.6) is 0 Å². The van der Waals surface area contributed by atoms with Gasteiger partial charge in [-0.15, -0.1) is 0 Å². The normalized spacial score (nSPS) is 12.9. The maximum Gasteiger partial charge on any atom is 0.222 e. The molecule has 0 amide bonds. The maximum atomic E-state index is 5.69. The molecule has 0 spiro atoms. The average Bonchev–Trinajstić information content (AvgIpc) is 2.20. The van der Waals surface area contributed by atoms with Gasteiger partial charge in [-0.05, 0) is 5.92 Å². The molecule has 4 nitrogen and oxygen atoms in total. The Hall–Kier alpha value is -0.870. The predicted octanol–water partition coefficient (Wildman–Crippen LogP) is 2.21. The van der Waals surface area contributed by atoms with Crippen LogP contribution in [0, 0.1) is 5.92 Å². The molecule has 0 aliphatic carbocycles. The Labute approximate surface area is 95.0 Å². The van der Waals surface area contributed by atoms with E-state index in [2.05, 4.69) is 29.1 Å². The van der Waals surface area contributed by atoms with E-state index in [0.29, 0.717) is 23.5 Å². The molecule has 0 radical (unpaired) electrons. The highest BCUT2D eigenvalue weighted by molar-refractivity contribution is 6.30. The van der Waals surface area contributed by atoms with E-state index in [-0.39, 0.29) is 6.04 Å². The number of nitrogens with one attached hydrogen (secondary N) is 1. The molecule has 5 heteroatoms. The highest BCUT2D eigenvalue weighted by Gasteiger charge is 2.13. The SMILES string of the molecule is COCC(Nc1ncc(Cl)cn1)C(C)C. The summed E-state index contributed by atoms with van der Waals surface area (Å²) < 4.78 is 5.12. The molecule has 0 aliphatic rings. The fraction of sp³-hybridized carbons (Fsp3) is 0.600. The fourth-order valence-electron chi connectivity index (χ4n) is 1.13. The summed E-state index contributed by atoms with van der Waals surface area (Å²) in [5.74, 6) is 1.03. The third kappa shape index (κ3) is 4.01. The Balaban J connectivity index is 2.61. The van der Waals surface area contributed by atoms with Crippen LogP contribution in [0.4, 0.5) is 5.95 Å². The number of aromatic nitrogens is 2. The smallest absolute Gasteiger partial charge is 0.222 e. The number of anilines is 1. The lowest BCUT2D eigenvalue weighted by Crippen LogP contribution is -2.31. The zero-order valence-electron chi connectivity index (χ0n) is 9.20. The summed E-state index contributed by atoms with van der Waals surface area (Å²) in [6, 6.07) is 0.205. The van der Waals surface area contributed by atoms with Crippen LogP contribution in [0.1, 0.15) is 13.8 Å². The van der Waals surface area contributed by atoms with Crippen LogP contribution in [0.25, 0.3) is 0 Å². The molecule has 1 N–H and O–H groups in total. The second-order valence-corrected chi connectivity index (χ2v) is 4.11. The summed E-state index contributed by atoms with van der Waals surface area (Å²) in [6.07, 6.45) is 3.14. The van der Waals surface area contributed by atoms with Crippen LogP contribution in [-0.2, 0) is 4.74 Å². The summed E-state index contributed by atoms with van der Waals surface area (Å²) in [5.41, 5.74) is 0. The molecule has 0 saturated heterocycles. The molecular formula is C10H16ClN3O. The molecule has 0 saturated carbocycles. The average molecular weight is 230 g/mol. The lowest BCUT2D eigenvalue weighted by molar-refractivity contribution is 0.171. The molecule has 1 rings (SSSR count). The Morgan fingerprint density at radius 2 is 2.00 bits per heavy atom. The van der Waals surface area contributed by atoms with Crippen LogP contribution >= 0.6 is 11.6 Å². The Bertz CT molecular complexity index is 289. The first-order chi connectivity index (χ1) is 7.13. The van der Waals surface area contributed by atoms with E-state index in [9.17, 15) is 0 Å². The second-order valence-electron chi connectivity index (χ2n) is 3.68. The van der Waals surface area contributed by atoms with Crippen LogP contribution < -0.4 is 5.32 Å². The van der Waals surface area contributed by atoms with Crippen molar-refractivity contribution in [3.05, 3.63) is 17.4 Å². The van der Waals surface area contributed by atoms with E-state index in [4.69, 9.17) is 16.3 Å². The van der Waals surface area contributed by atoms with E-state index in [1.165, 1.54) is 0 Å². The van der Waals surface area contributed by atoms with Crippen LogP contribution in [0.2, 0.25) is 5.02 Å². The van der Waals surface area contributed by atoms with Gasteiger partial charge in [0.1, 0.15) is 0 Å². The fourth-order valence-corrected chi connectivity index (χ4v) is 1.23. The van der Waals surface area contributed by atoms with E-state index in [1.54, 1.807) is 19.5 Å². The van der Waals surface area contributed by atoms with Crippen molar-refractivity contribution >= 4 is 17.5 Å². The minimum absolute atomic E-state index is 0.205. The maximum absolute atomic E-state index is 5.69. The summed E-state index contributed by atoms with van der Waals surface area (Å²) in [5, 5.41) is 3.74. The van der Waals surface area contributed by atoms with E-state index in [0.717, 1.165) is 0 Å². The summed E-state index contributed by atoms with van der Waals surface area (Å²) >= 11 is 5.69. The molecule has 1 heterocycles. The van der Waals surface area contributed by atoms with E-state index >= 15 is 0 Å². The Kier molecular flexibility index (Phi) is 4.78. The van der Waals surface area contributed by atoms with Gasteiger partial charge in [-0.3, -0.25) is 0 Å². The Morgan fingerprint density at radius 1 is 1.40 bits per heavy atom. The topological polar surface area (TPSA) is 47.0 Å². The van der Waals surface area contributed by atoms with Crippen molar-refractivity contribution < 1.29 is 4.74 Å². The monoisotopic (exact) mass is 229 g/mol. The van der Waals surface area contributed by atoms with Crippen molar-refractivity contribution in [3.8, 4) is 0 Å². The molecule has 1 aromatic heterocycles. The molecule has 0 aliphatic heterocycles. The van der Waals surface area contributed by atoms with Crippen molar-refractivity contribution in [2.75, 3.05) is 19.0 Å². The number of hydrogen-bond acceptors (Lipinski definition) is 4. The first-order valence-electron chi connectivity index (χ1n) is 4.86. The number of rotatable bonds is 5. The highest BCUT2D eigenvalue weighted by atomic mass is 35.5. The van der Waals surface area contributed by atoms with Gasteiger partial charge >= 0.3 is 0 Å². The van der Waals surface area contributed by atoms with Gasteiger partial charge in [-0.2, -0.15) is 0 Å². The van der Waals surface area contributed by atoms with Gasteiger partial charge < -0.3 is 10.1 Å². The first kappa shape index (κ1) is 12.2. The number of hydrogen-bond donors (Lipinski definition) is 1. The molecule has 1 aromatic rings. The first-order valence-corrected chi connectivity index (χ1v) is 5.24. The largest absolute Gasteiger partial charge is 0.383 e. The number of nitrogens with zero attached hydrogens (tertiary/aromatic N) is 2. The Morgan fingerprint density at radius 3 is 2.47 bits per heavy atom. The van der Waals surface area contributed by atoms with Crippen molar-refractivity contribution in [3.63, 3.8) is 0 Å². The zero-order chi connectivity index (χ0) is 11.3. The lowest BCUT2D eigenvalue weighted by atomic mass is 10.1. The van der Waals surface area contributed by atoms with Gasteiger partial charge in [-0.1, -0.05) is 25.4 Å². The highest BCUT2D eigenvalue weighted by Crippen LogP contribution is 2.10. The van der Waals surface area contributed by atoms with Crippen molar-refractivity contribution in [1.82, 2.24) is 9.97 Å². The van der Waals surface area contributed by atoms with Crippen LogP contribution in [0.3, 0.4) is 0 Å². The van der Waals surface area contributed by atoms with E-state index < -0.39 is 0 Å². The summed E-state index contributed by atoms with van der Waals surface area (Å²) in [7, 11) is 1.68. The predicted molar refractivity (Wildman–Crippen MR) is 61.2 cm³/mol. The molecule has 0 aromatic carbocycles. The minimum Gasteiger partial charge on any atom is -0.383 e. The molecular weight excluding hydrogens is 214 g/mol. The van der Waals surface area contributed by atoms with Crippen LogP contribution in [-0.4, -0.2) is 29.7 Å². The van der Waals surface area contributed by atoms with Gasteiger partial charge in [0.2, 0.25) is 5.95 Å². The molecule has 15 heavy (non-hydrogen) atoms. The van der Waals surface area contributed by atoms with E-state index in [1.807, 2.05) is 0 Å². The molecule has 1 unspecified atom stereocenters. The number of halogens is 1. The molecule has 0 fully saturated rings. The molecule has 84 valence electrons. The quantitative estimate of drug-likeness (QED) is 0.841. The van der Waals surface area contributed by atoms with Crippen LogP contribution in [0.15, 0.2) is 12.4 Å². The standard InChI is InChI=1S/C10H16ClN3O/c1-7(2)9(6-15-3)14-10-12-4-8(11)5-13-10/h4-5,7,9H,6H2,1-3H3,(H,12,13,14). The second kappa shape index (κ2) is 5.88. The van der Waals surface area contributed by atoms with Gasteiger partial charge in [0.15, 0.2) is 0 Å². The molecule has 0 bridgehead atoms. The summed E-state index contributed by atoms with van der Waals surface area (Å²) in [4.78, 5) is 8.15. The third-order valence-corrected chi connectivity index (χ3v) is 2.28. The van der Waals surface area contributed by atoms with Gasteiger partial charge in [0.05, 0.1) is 30.1 Å². The van der Waals surface area contributed by atoms with Gasteiger partial charge in [0.25, 0.3) is 0 Å². The summed E-state index contributed by atoms with van der Waals surface area (Å²) in [6.45, 7) is 4.86.